The molecule has 0 spiro atoms. The van der Waals surface area contributed by atoms with Gasteiger partial charge in [-0.2, -0.15) is 0 Å². The number of anilines is 3. The van der Waals surface area contributed by atoms with Gasteiger partial charge in [-0.1, -0.05) is 30.3 Å². The molecule has 29 heavy (non-hydrogen) atoms. The lowest BCUT2D eigenvalue weighted by Gasteiger charge is -2.32. The van der Waals surface area contributed by atoms with Gasteiger partial charge in [0.05, 0.1) is 11.9 Å². The Morgan fingerprint density at radius 1 is 0.966 bits per heavy atom. The van der Waals surface area contributed by atoms with Gasteiger partial charge in [0.2, 0.25) is 0 Å². The number of likely N-dealkylation sites (tertiary alicyclic amines) is 1. The molecular weight excluding hydrogens is 364 g/mol. The molecule has 0 amide bonds. The lowest BCUT2D eigenvalue weighted by Crippen LogP contribution is -2.37. The molecule has 0 saturated carbocycles. The quantitative estimate of drug-likeness (QED) is 0.576. The van der Waals surface area contributed by atoms with E-state index in [0.29, 0.717) is 29.5 Å². The van der Waals surface area contributed by atoms with Crippen LogP contribution in [-0.2, 0) is 6.54 Å². The summed E-state index contributed by atoms with van der Waals surface area (Å²) in [6, 6.07) is 14.2. The number of nitrogens with one attached hydrogen (secondary N) is 2. The van der Waals surface area contributed by atoms with E-state index in [9.17, 15) is 9.59 Å². The minimum Gasteiger partial charge on any atom is -0.380 e. The van der Waals surface area contributed by atoms with E-state index in [0.717, 1.165) is 26.1 Å². The maximum absolute atomic E-state index is 11.9. The molecule has 2 N–H and O–H groups in total. The van der Waals surface area contributed by atoms with Crippen molar-refractivity contribution >= 4 is 17.1 Å². The van der Waals surface area contributed by atoms with E-state index in [1.807, 2.05) is 6.07 Å². The van der Waals surface area contributed by atoms with Crippen molar-refractivity contribution in [2.45, 2.75) is 25.8 Å². The van der Waals surface area contributed by atoms with Crippen molar-refractivity contribution in [3.63, 3.8) is 0 Å². The Labute approximate surface area is 170 Å². The van der Waals surface area contributed by atoms with Gasteiger partial charge in [-0.15, -0.1) is 0 Å². The van der Waals surface area contributed by atoms with Crippen LogP contribution in [0.25, 0.3) is 0 Å². The number of hydrogen-bond acceptors (Lipinski definition) is 6. The smallest absolute Gasteiger partial charge is 0.253 e. The lowest BCUT2D eigenvalue weighted by molar-refractivity contribution is 0.174. The predicted molar refractivity (Wildman–Crippen MR) is 116 cm³/mol. The number of aromatic nitrogens is 1. The van der Waals surface area contributed by atoms with Crippen molar-refractivity contribution in [3.8, 4) is 0 Å². The first-order valence-electron chi connectivity index (χ1n) is 10.2. The molecule has 4 rings (SSSR count). The van der Waals surface area contributed by atoms with Crippen molar-refractivity contribution in [1.82, 2.24) is 9.88 Å². The van der Waals surface area contributed by atoms with Gasteiger partial charge in [-0.25, -0.2) is 0 Å². The van der Waals surface area contributed by atoms with Crippen LogP contribution in [-0.4, -0.2) is 29.5 Å². The van der Waals surface area contributed by atoms with Crippen LogP contribution in [0.5, 0.6) is 0 Å². The van der Waals surface area contributed by atoms with Gasteiger partial charge < -0.3 is 10.6 Å². The van der Waals surface area contributed by atoms with Gasteiger partial charge >= 0.3 is 0 Å². The van der Waals surface area contributed by atoms with Gasteiger partial charge in [0.1, 0.15) is 11.4 Å². The maximum atomic E-state index is 11.9. The van der Waals surface area contributed by atoms with E-state index in [2.05, 4.69) is 50.8 Å². The van der Waals surface area contributed by atoms with Crippen LogP contribution in [0.15, 0.2) is 64.4 Å². The fourth-order valence-electron chi connectivity index (χ4n) is 3.94. The van der Waals surface area contributed by atoms with Gasteiger partial charge in [-0.05, 0) is 56.0 Å². The summed E-state index contributed by atoms with van der Waals surface area (Å²) >= 11 is 0. The van der Waals surface area contributed by atoms with Gasteiger partial charge in [0, 0.05) is 19.3 Å². The summed E-state index contributed by atoms with van der Waals surface area (Å²) in [5, 5.41) is 6.18. The Kier molecular flexibility index (Phi) is 6.00. The topological polar surface area (TPSA) is 74.3 Å². The number of pyridine rings is 1. The summed E-state index contributed by atoms with van der Waals surface area (Å²) in [6.07, 6.45) is 6.63. The van der Waals surface area contributed by atoms with E-state index in [1.165, 1.54) is 18.4 Å². The standard InChI is InChI=1S/C23H26N4O2/c28-22-20(21(23(22)29)26-19-7-4-11-24-15-19)25-12-8-17-9-13-27(14-10-17)16-18-5-2-1-3-6-18/h1-7,11,15,17,25-26H,8-10,12-14,16H2. The molecule has 0 unspecified atom stereocenters. The van der Waals surface area contributed by atoms with E-state index in [4.69, 9.17) is 0 Å². The van der Waals surface area contributed by atoms with Gasteiger partial charge in [-0.3, -0.25) is 19.5 Å². The molecule has 6 heteroatoms. The lowest BCUT2D eigenvalue weighted by atomic mass is 9.93. The maximum Gasteiger partial charge on any atom is 0.253 e. The Hall–Kier alpha value is -2.99. The second-order valence-corrected chi connectivity index (χ2v) is 7.70. The minimum atomic E-state index is -0.467. The summed E-state index contributed by atoms with van der Waals surface area (Å²) in [6.45, 7) is 3.93. The molecule has 0 atom stereocenters. The molecule has 1 aliphatic heterocycles. The highest BCUT2D eigenvalue weighted by Crippen LogP contribution is 2.23. The third-order valence-corrected chi connectivity index (χ3v) is 5.65. The molecule has 2 aromatic carbocycles. The Morgan fingerprint density at radius 2 is 1.72 bits per heavy atom. The van der Waals surface area contributed by atoms with Crippen molar-refractivity contribution in [2.24, 2.45) is 5.92 Å². The summed E-state index contributed by atoms with van der Waals surface area (Å²) in [5.41, 5.74) is 1.91. The van der Waals surface area contributed by atoms with Crippen molar-refractivity contribution < 1.29 is 0 Å². The third-order valence-electron chi connectivity index (χ3n) is 5.65. The first-order valence-corrected chi connectivity index (χ1v) is 10.2. The number of hydrogen-bond donors (Lipinski definition) is 2. The molecule has 1 saturated heterocycles. The second-order valence-electron chi connectivity index (χ2n) is 7.70. The molecule has 2 heterocycles. The van der Waals surface area contributed by atoms with E-state index < -0.39 is 10.9 Å². The predicted octanol–water partition coefficient (Wildman–Crippen LogP) is 3.14. The average molecular weight is 390 g/mol. The minimum absolute atomic E-state index is 0.348. The number of benzene rings is 1. The highest BCUT2D eigenvalue weighted by molar-refractivity contribution is 5.78. The molecule has 3 aromatic rings. The van der Waals surface area contributed by atoms with Crippen LogP contribution >= 0.6 is 0 Å². The Bertz CT molecular complexity index is 989. The molecule has 0 aliphatic carbocycles. The monoisotopic (exact) mass is 390 g/mol. The largest absolute Gasteiger partial charge is 0.380 e. The zero-order chi connectivity index (χ0) is 20.1. The molecule has 1 aliphatic rings. The van der Waals surface area contributed by atoms with Gasteiger partial charge in [0.15, 0.2) is 0 Å². The molecule has 150 valence electrons. The van der Waals surface area contributed by atoms with Crippen LogP contribution in [0.2, 0.25) is 0 Å². The number of rotatable bonds is 8. The Balaban J connectivity index is 1.23. The first kappa shape index (κ1) is 19.3. The normalized spacial score (nSPS) is 15.4. The zero-order valence-electron chi connectivity index (χ0n) is 16.4. The molecule has 1 aromatic heterocycles. The molecule has 0 radical (unpaired) electrons. The van der Waals surface area contributed by atoms with Crippen molar-refractivity contribution in [1.29, 1.82) is 0 Å². The summed E-state index contributed by atoms with van der Waals surface area (Å²) in [5.74, 6) is 0.649. The highest BCUT2D eigenvalue weighted by atomic mass is 16.2. The fraction of sp³-hybridized carbons (Fsp3) is 0.348. The summed E-state index contributed by atoms with van der Waals surface area (Å²) in [7, 11) is 0. The van der Waals surface area contributed by atoms with Crippen molar-refractivity contribution in [3.05, 3.63) is 80.9 Å². The molecule has 0 bridgehead atoms. The highest BCUT2D eigenvalue weighted by Gasteiger charge is 2.22. The SMILES string of the molecule is O=c1c(NCCC2CCN(Cc3ccccc3)CC2)c(Nc2cccnc2)c1=O. The molecular formula is C23H26N4O2. The second kappa shape index (κ2) is 9.01. The van der Waals surface area contributed by atoms with E-state index >= 15 is 0 Å². The first-order chi connectivity index (χ1) is 14.2. The van der Waals surface area contributed by atoms with E-state index in [-0.39, 0.29) is 0 Å². The summed E-state index contributed by atoms with van der Waals surface area (Å²) in [4.78, 5) is 30.3. The van der Waals surface area contributed by atoms with Crippen LogP contribution < -0.4 is 21.5 Å². The fourth-order valence-corrected chi connectivity index (χ4v) is 3.94. The molecule has 1 fully saturated rings. The van der Waals surface area contributed by atoms with Gasteiger partial charge in [0.25, 0.3) is 10.9 Å². The van der Waals surface area contributed by atoms with Crippen molar-refractivity contribution in [2.75, 3.05) is 30.3 Å². The van der Waals surface area contributed by atoms with Crippen LogP contribution in [0, 0.1) is 5.92 Å². The van der Waals surface area contributed by atoms with E-state index in [1.54, 1.807) is 18.5 Å². The summed E-state index contributed by atoms with van der Waals surface area (Å²) < 4.78 is 0. The van der Waals surface area contributed by atoms with Crippen LogP contribution in [0.1, 0.15) is 24.8 Å². The molecule has 6 nitrogen and oxygen atoms in total. The van der Waals surface area contributed by atoms with Crippen LogP contribution in [0.3, 0.4) is 0 Å². The Morgan fingerprint density at radius 3 is 2.45 bits per heavy atom. The average Bonchev–Trinajstić information content (AvgIpc) is 2.78. The third kappa shape index (κ3) is 4.71. The number of nitrogens with zero attached hydrogens (tertiary/aromatic N) is 2. The number of piperidine rings is 1. The van der Waals surface area contributed by atoms with Crippen LogP contribution in [0.4, 0.5) is 17.1 Å². The zero-order valence-corrected chi connectivity index (χ0v) is 16.4.